The van der Waals surface area contributed by atoms with Crippen molar-refractivity contribution >= 4 is 11.0 Å². The van der Waals surface area contributed by atoms with E-state index < -0.39 is 6.10 Å². The van der Waals surface area contributed by atoms with Gasteiger partial charge in [-0.05, 0) is 43.2 Å². The van der Waals surface area contributed by atoms with E-state index >= 15 is 0 Å². The van der Waals surface area contributed by atoms with Crippen molar-refractivity contribution in [3.05, 3.63) is 95.8 Å². The van der Waals surface area contributed by atoms with E-state index in [9.17, 15) is 5.11 Å². The number of benzene rings is 3. The second-order valence-corrected chi connectivity index (χ2v) is 6.94. The van der Waals surface area contributed by atoms with Crippen LogP contribution in [0.3, 0.4) is 0 Å². The molecule has 0 unspecified atom stereocenters. The van der Waals surface area contributed by atoms with Crippen molar-refractivity contribution in [2.75, 3.05) is 6.61 Å². The van der Waals surface area contributed by atoms with Crippen LogP contribution < -0.4 is 4.74 Å². The van der Waals surface area contributed by atoms with E-state index in [-0.39, 0.29) is 0 Å². The Kier molecular flexibility index (Phi) is 5.40. The third-order valence-corrected chi connectivity index (χ3v) is 4.86. The van der Waals surface area contributed by atoms with Gasteiger partial charge in [0.05, 0.1) is 17.6 Å². The second kappa shape index (κ2) is 8.28. The monoisotopic (exact) mass is 372 g/mol. The molecule has 0 saturated heterocycles. The maximum atomic E-state index is 10.9. The number of ether oxygens (including phenoxy) is 1. The van der Waals surface area contributed by atoms with Gasteiger partial charge in [-0.25, -0.2) is 4.98 Å². The van der Waals surface area contributed by atoms with E-state index in [0.29, 0.717) is 12.4 Å². The molecule has 142 valence electrons. The van der Waals surface area contributed by atoms with Crippen LogP contribution in [0.1, 0.15) is 29.5 Å². The number of nitrogens with zero attached hydrogens (tertiary/aromatic N) is 2. The van der Waals surface area contributed by atoms with Crippen LogP contribution in [0.5, 0.6) is 5.75 Å². The quantitative estimate of drug-likeness (QED) is 0.470. The Bertz CT molecular complexity index is 1040. The first-order valence-corrected chi connectivity index (χ1v) is 9.60. The fourth-order valence-electron chi connectivity index (χ4n) is 3.37. The molecule has 0 radical (unpaired) electrons. The number of hydrogen-bond acceptors (Lipinski definition) is 3. The lowest BCUT2D eigenvalue weighted by Crippen LogP contribution is -2.12. The number of fused-ring (bicyclic) bond motifs is 1. The molecule has 1 atom stereocenters. The van der Waals surface area contributed by atoms with Gasteiger partial charge in [-0.1, -0.05) is 60.2 Å². The summed E-state index contributed by atoms with van der Waals surface area (Å²) in [6.45, 7) is 3.40. The maximum Gasteiger partial charge on any atom is 0.143 e. The smallest absolute Gasteiger partial charge is 0.143 e. The topological polar surface area (TPSA) is 47.3 Å². The minimum absolute atomic E-state index is 0.608. The molecule has 4 nitrogen and oxygen atoms in total. The molecule has 0 bridgehead atoms. The maximum absolute atomic E-state index is 10.9. The van der Waals surface area contributed by atoms with Gasteiger partial charge in [0.2, 0.25) is 0 Å². The van der Waals surface area contributed by atoms with Crippen LogP contribution in [0.4, 0.5) is 0 Å². The largest absolute Gasteiger partial charge is 0.494 e. The molecule has 1 heterocycles. The zero-order valence-corrected chi connectivity index (χ0v) is 16.0. The Hall–Kier alpha value is -3.11. The van der Waals surface area contributed by atoms with Gasteiger partial charge in [-0.2, -0.15) is 0 Å². The normalized spacial score (nSPS) is 12.2. The molecule has 3 aromatic carbocycles. The average Bonchev–Trinajstić information content (AvgIpc) is 3.11. The molecule has 28 heavy (non-hydrogen) atoms. The molecule has 4 heteroatoms. The minimum Gasteiger partial charge on any atom is -0.494 e. The zero-order valence-electron chi connectivity index (χ0n) is 16.0. The summed E-state index contributed by atoms with van der Waals surface area (Å²) in [6.07, 6.45) is 0.0644. The summed E-state index contributed by atoms with van der Waals surface area (Å²) in [4.78, 5) is 4.71. The molecule has 1 aromatic heterocycles. The standard InChI is InChI=1S/C24H24N2O2/c1-18-12-14-20(15-13-18)28-17-7-16-26-22-11-6-5-10-21(22)25-24(26)23(27)19-8-3-2-4-9-19/h2-6,8-15,23,27H,7,16-17H2,1H3/t23-/m0/s1. The van der Waals surface area contributed by atoms with Crippen LogP contribution in [0, 0.1) is 6.92 Å². The van der Waals surface area contributed by atoms with Crippen LogP contribution in [0.25, 0.3) is 11.0 Å². The van der Waals surface area contributed by atoms with Crippen molar-refractivity contribution in [1.29, 1.82) is 0 Å². The van der Waals surface area contributed by atoms with Crippen molar-refractivity contribution < 1.29 is 9.84 Å². The van der Waals surface area contributed by atoms with Gasteiger partial charge in [-0.3, -0.25) is 0 Å². The van der Waals surface area contributed by atoms with E-state index in [2.05, 4.69) is 11.5 Å². The lowest BCUT2D eigenvalue weighted by atomic mass is 10.1. The molecule has 1 N–H and O–H groups in total. The Labute approximate surface area is 165 Å². The van der Waals surface area contributed by atoms with Gasteiger partial charge in [0.1, 0.15) is 17.7 Å². The predicted octanol–water partition coefficient (Wildman–Crippen LogP) is 4.90. The van der Waals surface area contributed by atoms with Crippen LogP contribution in [-0.2, 0) is 6.54 Å². The molecular weight excluding hydrogens is 348 g/mol. The van der Waals surface area contributed by atoms with E-state index in [4.69, 9.17) is 9.72 Å². The van der Waals surface area contributed by atoms with Gasteiger partial charge in [-0.15, -0.1) is 0 Å². The minimum atomic E-state index is -0.758. The SMILES string of the molecule is Cc1ccc(OCCCn2c([C@@H](O)c3ccccc3)nc3ccccc32)cc1. The molecule has 0 saturated carbocycles. The Balaban J connectivity index is 1.52. The molecule has 4 rings (SSSR count). The molecule has 0 amide bonds. The molecule has 0 spiro atoms. The van der Waals surface area contributed by atoms with Crippen LogP contribution in [-0.4, -0.2) is 21.3 Å². The van der Waals surface area contributed by atoms with Crippen molar-refractivity contribution in [2.45, 2.75) is 26.0 Å². The highest BCUT2D eigenvalue weighted by Crippen LogP contribution is 2.26. The number of aryl methyl sites for hydroxylation is 2. The summed E-state index contributed by atoms with van der Waals surface area (Å²) in [5.41, 5.74) is 3.99. The first-order chi connectivity index (χ1) is 13.7. The second-order valence-electron chi connectivity index (χ2n) is 6.94. The first-order valence-electron chi connectivity index (χ1n) is 9.60. The van der Waals surface area contributed by atoms with Gasteiger partial charge >= 0.3 is 0 Å². The number of imidazole rings is 1. The third kappa shape index (κ3) is 3.92. The Morgan fingerprint density at radius 2 is 1.64 bits per heavy atom. The highest BCUT2D eigenvalue weighted by atomic mass is 16.5. The average molecular weight is 372 g/mol. The fourth-order valence-corrected chi connectivity index (χ4v) is 3.37. The van der Waals surface area contributed by atoms with Crippen molar-refractivity contribution in [3.63, 3.8) is 0 Å². The number of para-hydroxylation sites is 2. The Morgan fingerprint density at radius 3 is 2.43 bits per heavy atom. The molecule has 0 aliphatic heterocycles. The van der Waals surface area contributed by atoms with Gasteiger partial charge in [0, 0.05) is 6.54 Å². The van der Waals surface area contributed by atoms with E-state index in [1.165, 1.54) is 5.56 Å². The lowest BCUT2D eigenvalue weighted by Gasteiger charge is -2.15. The molecule has 0 aliphatic rings. The number of aliphatic hydroxyl groups excluding tert-OH is 1. The summed E-state index contributed by atoms with van der Waals surface area (Å²) in [5, 5.41) is 10.9. The fraction of sp³-hybridized carbons (Fsp3) is 0.208. The highest BCUT2D eigenvalue weighted by Gasteiger charge is 2.19. The number of hydrogen-bond donors (Lipinski definition) is 1. The van der Waals surface area contributed by atoms with Crippen LogP contribution in [0.2, 0.25) is 0 Å². The number of aromatic nitrogens is 2. The zero-order chi connectivity index (χ0) is 19.3. The summed E-state index contributed by atoms with van der Waals surface area (Å²) >= 11 is 0. The van der Waals surface area contributed by atoms with E-state index in [1.807, 2.05) is 78.9 Å². The summed E-state index contributed by atoms with van der Waals surface area (Å²) in [5.74, 6) is 1.55. The van der Waals surface area contributed by atoms with Crippen LogP contribution >= 0.6 is 0 Å². The molecule has 0 aliphatic carbocycles. The highest BCUT2D eigenvalue weighted by molar-refractivity contribution is 5.76. The predicted molar refractivity (Wildman–Crippen MR) is 112 cm³/mol. The lowest BCUT2D eigenvalue weighted by molar-refractivity contribution is 0.203. The Morgan fingerprint density at radius 1 is 0.929 bits per heavy atom. The molecule has 4 aromatic rings. The van der Waals surface area contributed by atoms with Gasteiger partial charge in [0.25, 0.3) is 0 Å². The van der Waals surface area contributed by atoms with E-state index in [0.717, 1.165) is 35.3 Å². The van der Waals surface area contributed by atoms with E-state index in [1.54, 1.807) is 0 Å². The van der Waals surface area contributed by atoms with Crippen LogP contribution in [0.15, 0.2) is 78.9 Å². The molecular formula is C24H24N2O2. The van der Waals surface area contributed by atoms with Gasteiger partial charge < -0.3 is 14.4 Å². The molecule has 0 fully saturated rings. The number of rotatable bonds is 7. The third-order valence-electron chi connectivity index (χ3n) is 4.86. The van der Waals surface area contributed by atoms with Crippen molar-refractivity contribution in [3.8, 4) is 5.75 Å². The summed E-state index contributed by atoms with van der Waals surface area (Å²) in [7, 11) is 0. The van der Waals surface area contributed by atoms with Crippen molar-refractivity contribution in [1.82, 2.24) is 9.55 Å². The first kappa shape index (κ1) is 18.3. The number of aliphatic hydroxyl groups is 1. The van der Waals surface area contributed by atoms with Crippen molar-refractivity contribution in [2.24, 2.45) is 0 Å². The van der Waals surface area contributed by atoms with Gasteiger partial charge in [0.15, 0.2) is 0 Å². The summed E-state index contributed by atoms with van der Waals surface area (Å²) in [6, 6.07) is 25.7. The summed E-state index contributed by atoms with van der Waals surface area (Å²) < 4.78 is 7.96.